The normalized spacial score (nSPS) is 21.2. The van der Waals surface area contributed by atoms with Crippen molar-refractivity contribution in [2.24, 2.45) is 0 Å². The largest absolute Gasteiger partial charge is 0.463 e. The molecule has 4 rings (SSSR count). The highest BCUT2D eigenvalue weighted by molar-refractivity contribution is 5.87. The number of fused-ring (bicyclic) bond motifs is 1. The zero-order valence-electron chi connectivity index (χ0n) is 19.4. The van der Waals surface area contributed by atoms with Crippen LogP contribution in [0.2, 0.25) is 0 Å². The second-order valence-electron chi connectivity index (χ2n) is 7.87. The molecule has 0 saturated carbocycles. The first-order valence-corrected chi connectivity index (χ1v) is 10.7. The Hall–Kier alpha value is -4.46. The van der Waals surface area contributed by atoms with E-state index in [0.717, 1.165) is 0 Å². The Balaban J connectivity index is 1.77. The van der Waals surface area contributed by atoms with E-state index in [1.54, 1.807) is 6.07 Å². The van der Waals surface area contributed by atoms with Crippen molar-refractivity contribution in [1.82, 2.24) is 19.5 Å². The summed E-state index contributed by atoms with van der Waals surface area (Å²) in [5.74, 6) is -1.88. The van der Waals surface area contributed by atoms with Crippen LogP contribution in [0.1, 0.15) is 27.0 Å². The van der Waals surface area contributed by atoms with E-state index in [4.69, 9.17) is 18.9 Å². The Kier molecular flexibility index (Phi) is 6.87. The smallest absolute Gasteiger partial charge is 0.303 e. The molecule has 1 saturated heterocycles. The van der Waals surface area contributed by atoms with Crippen molar-refractivity contribution < 1.29 is 38.3 Å². The van der Waals surface area contributed by atoms with Crippen LogP contribution in [0.5, 0.6) is 0 Å². The predicted molar refractivity (Wildman–Crippen MR) is 119 cm³/mol. The van der Waals surface area contributed by atoms with Crippen LogP contribution in [0.25, 0.3) is 22.4 Å². The van der Waals surface area contributed by atoms with Gasteiger partial charge in [-0.25, -0.2) is 15.0 Å². The van der Waals surface area contributed by atoms with E-state index < -0.39 is 47.4 Å². The topological polar surface area (TPSA) is 175 Å². The Morgan fingerprint density at radius 2 is 1.78 bits per heavy atom. The minimum atomic E-state index is -1.12. The number of nitro groups is 1. The highest BCUT2D eigenvalue weighted by Crippen LogP contribution is 2.37. The van der Waals surface area contributed by atoms with Gasteiger partial charge in [-0.1, -0.05) is 12.1 Å². The van der Waals surface area contributed by atoms with Crippen molar-refractivity contribution >= 4 is 34.8 Å². The van der Waals surface area contributed by atoms with Gasteiger partial charge < -0.3 is 18.9 Å². The lowest BCUT2D eigenvalue weighted by atomic mass is 10.1. The molecule has 1 aliphatic heterocycles. The molecule has 4 atom stereocenters. The molecule has 14 heteroatoms. The number of rotatable bonds is 7. The first-order valence-electron chi connectivity index (χ1n) is 10.7. The van der Waals surface area contributed by atoms with Crippen molar-refractivity contribution in [3.63, 3.8) is 0 Å². The molecule has 188 valence electrons. The van der Waals surface area contributed by atoms with E-state index in [1.807, 2.05) is 0 Å². The molecule has 0 bridgehead atoms. The lowest BCUT2D eigenvalue weighted by Gasteiger charge is -2.23. The molecule has 3 heterocycles. The molecular formula is C22H21N5O9. The second kappa shape index (κ2) is 10.0. The van der Waals surface area contributed by atoms with E-state index in [9.17, 15) is 24.5 Å². The molecule has 0 N–H and O–H groups in total. The fourth-order valence-electron chi connectivity index (χ4n) is 3.93. The van der Waals surface area contributed by atoms with Crippen LogP contribution in [-0.4, -0.2) is 67.3 Å². The average Bonchev–Trinajstić information content (AvgIpc) is 3.38. The predicted octanol–water partition coefficient (Wildman–Crippen LogP) is 1.73. The third kappa shape index (κ3) is 4.98. The molecule has 0 radical (unpaired) electrons. The minimum absolute atomic E-state index is 0.120. The number of carbonyl (C=O) groups is 3. The van der Waals surface area contributed by atoms with Crippen molar-refractivity contribution in [2.45, 2.75) is 45.3 Å². The van der Waals surface area contributed by atoms with Crippen LogP contribution in [0.15, 0.2) is 36.9 Å². The number of hydrogen-bond donors (Lipinski definition) is 0. The van der Waals surface area contributed by atoms with E-state index in [-0.39, 0.29) is 17.9 Å². The highest BCUT2D eigenvalue weighted by Gasteiger charge is 2.51. The van der Waals surface area contributed by atoms with Crippen LogP contribution >= 0.6 is 0 Å². The fraction of sp³-hybridized carbons (Fsp3) is 0.364. The molecule has 0 spiro atoms. The molecule has 2 aromatic heterocycles. The van der Waals surface area contributed by atoms with Crippen LogP contribution in [0.3, 0.4) is 0 Å². The third-order valence-electron chi connectivity index (χ3n) is 5.30. The van der Waals surface area contributed by atoms with Gasteiger partial charge in [-0.05, 0) is 0 Å². The number of benzene rings is 1. The fourth-order valence-corrected chi connectivity index (χ4v) is 3.93. The number of nitrogens with zero attached hydrogens (tertiary/aromatic N) is 5. The summed E-state index contributed by atoms with van der Waals surface area (Å²) in [6.45, 7) is 3.33. The van der Waals surface area contributed by atoms with Crippen molar-refractivity contribution in [3.8, 4) is 11.3 Å². The zero-order chi connectivity index (χ0) is 26.0. The Morgan fingerprint density at radius 1 is 1.06 bits per heavy atom. The quantitative estimate of drug-likeness (QED) is 0.199. The van der Waals surface area contributed by atoms with Gasteiger partial charge in [0.05, 0.1) is 11.3 Å². The lowest BCUT2D eigenvalue weighted by molar-refractivity contribution is -0.384. The SMILES string of the molecule is CC(=O)OC[C@H]1O[C@@H](n2cnc3c(-c4cccc([N+](=O)[O-])c4)ncnc32)C(OC(C)=O)C1OC(C)=O. The summed E-state index contributed by atoms with van der Waals surface area (Å²) < 4.78 is 23.4. The van der Waals surface area contributed by atoms with Crippen LogP contribution in [0.4, 0.5) is 5.69 Å². The zero-order valence-corrected chi connectivity index (χ0v) is 19.4. The molecule has 2 unspecified atom stereocenters. The molecule has 0 aliphatic carbocycles. The number of hydrogen-bond acceptors (Lipinski definition) is 12. The van der Waals surface area contributed by atoms with Crippen LogP contribution in [-0.2, 0) is 33.3 Å². The average molecular weight is 499 g/mol. The van der Waals surface area contributed by atoms with Crippen molar-refractivity contribution in [2.75, 3.05) is 6.61 Å². The lowest BCUT2D eigenvalue weighted by Crippen LogP contribution is -2.40. The van der Waals surface area contributed by atoms with Gasteiger partial charge in [0, 0.05) is 38.5 Å². The maximum Gasteiger partial charge on any atom is 0.303 e. The van der Waals surface area contributed by atoms with E-state index in [2.05, 4.69) is 15.0 Å². The number of imidazole rings is 1. The summed E-state index contributed by atoms with van der Waals surface area (Å²) in [6, 6.07) is 5.89. The highest BCUT2D eigenvalue weighted by atomic mass is 16.7. The molecule has 1 aromatic carbocycles. The number of nitro benzene ring substituents is 1. The van der Waals surface area contributed by atoms with E-state index in [1.165, 1.54) is 56.2 Å². The number of ether oxygens (including phenoxy) is 4. The van der Waals surface area contributed by atoms with E-state index >= 15 is 0 Å². The van der Waals surface area contributed by atoms with E-state index in [0.29, 0.717) is 16.8 Å². The monoisotopic (exact) mass is 499 g/mol. The first kappa shape index (κ1) is 24.7. The van der Waals surface area contributed by atoms with Gasteiger partial charge in [-0.15, -0.1) is 0 Å². The van der Waals surface area contributed by atoms with Gasteiger partial charge in [0.2, 0.25) is 0 Å². The third-order valence-corrected chi connectivity index (χ3v) is 5.30. The molecule has 0 amide bonds. The summed E-state index contributed by atoms with van der Waals surface area (Å²) in [5.41, 5.74) is 1.22. The summed E-state index contributed by atoms with van der Waals surface area (Å²) >= 11 is 0. The minimum Gasteiger partial charge on any atom is -0.463 e. The molecule has 1 fully saturated rings. The number of non-ortho nitro benzene ring substituents is 1. The Labute approximate surface area is 203 Å². The van der Waals surface area contributed by atoms with Gasteiger partial charge >= 0.3 is 17.9 Å². The number of carbonyl (C=O) groups excluding carboxylic acids is 3. The summed E-state index contributed by atoms with van der Waals surface area (Å²) in [4.78, 5) is 58.6. The van der Waals surface area contributed by atoms with Gasteiger partial charge in [0.1, 0.15) is 30.2 Å². The second-order valence-corrected chi connectivity index (χ2v) is 7.87. The Bertz CT molecular complexity index is 1340. The van der Waals surface area contributed by atoms with Gasteiger partial charge in [-0.2, -0.15) is 0 Å². The van der Waals surface area contributed by atoms with Gasteiger partial charge in [0.25, 0.3) is 5.69 Å². The van der Waals surface area contributed by atoms with Gasteiger partial charge in [-0.3, -0.25) is 29.1 Å². The summed E-state index contributed by atoms with van der Waals surface area (Å²) in [5, 5.41) is 11.2. The first-order chi connectivity index (χ1) is 17.2. The maximum absolute atomic E-state index is 11.9. The number of esters is 3. The summed E-state index contributed by atoms with van der Waals surface area (Å²) in [6.07, 6.45) is -1.60. The van der Waals surface area contributed by atoms with Crippen molar-refractivity contribution in [1.29, 1.82) is 0 Å². The number of aromatic nitrogens is 4. The Morgan fingerprint density at radius 3 is 2.44 bits per heavy atom. The standard InChI is InChI=1S/C22H21N5O9/c1-11(28)33-8-16-19(34-12(2)29)20(35-13(3)30)22(36-16)26-10-25-18-17(23-9-24-21(18)26)14-5-4-6-15(7-14)27(31)32/h4-7,9-10,16,19-20,22H,8H2,1-3H3/t16-,19?,20?,22-/m1/s1. The molecular weight excluding hydrogens is 478 g/mol. The molecule has 36 heavy (non-hydrogen) atoms. The maximum atomic E-state index is 11.9. The van der Waals surface area contributed by atoms with Gasteiger partial charge in [0.15, 0.2) is 24.1 Å². The molecule has 3 aromatic rings. The van der Waals surface area contributed by atoms with Crippen LogP contribution in [0, 0.1) is 10.1 Å². The molecule has 1 aliphatic rings. The van der Waals surface area contributed by atoms with Crippen molar-refractivity contribution in [3.05, 3.63) is 47.0 Å². The summed E-state index contributed by atoms with van der Waals surface area (Å²) in [7, 11) is 0. The van der Waals surface area contributed by atoms with Crippen LogP contribution < -0.4 is 0 Å². The molecule has 14 nitrogen and oxygen atoms in total.